The van der Waals surface area contributed by atoms with E-state index < -0.39 is 10.8 Å². The molecule has 0 radical (unpaired) electrons. The Morgan fingerprint density at radius 2 is 2.09 bits per heavy atom. The molecule has 0 aliphatic carbocycles. The second-order valence-electron chi connectivity index (χ2n) is 4.93. The Bertz CT molecular complexity index is 753. The molecule has 2 amide bonds. The summed E-state index contributed by atoms with van der Waals surface area (Å²) in [5, 5.41) is 17.1. The Hall–Kier alpha value is -3.23. The minimum Gasteiger partial charge on any atom is -0.358 e. The van der Waals surface area contributed by atoms with Gasteiger partial charge in [0.25, 0.3) is 11.8 Å². The van der Waals surface area contributed by atoms with Gasteiger partial charge in [0.2, 0.25) is 0 Å². The predicted octanol–water partition coefficient (Wildman–Crippen LogP) is 1.13. The van der Waals surface area contributed by atoms with Crippen LogP contribution in [0.1, 0.15) is 10.4 Å². The number of carbonyl (C=O) groups is 2. The second kappa shape index (κ2) is 6.69. The number of rotatable bonds is 5. The normalized spacial score (nSPS) is 10.2. The highest BCUT2D eigenvalue weighted by Gasteiger charge is 2.17. The van der Waals surface area contributed by atoms with E-state index in [0.29, 0.717) is 11.3 Å². The van der Waals surface area contributed by atoms with Gasteiger partial charge in [0.1, 0.15) is 0 Å². The molecule has 0 fully saturated rings. The van der Waals surface area contributed by atoms with E-state index in [9.17, 15) is 19.7 Å². The van der Waals surface area contributed by atoms with Crippen molar-refractivity contribution in [3.63, 3.8) is 0 Å². The minimum atomic E-state index is -0.614. The molecule has 9 heteroatoms. The second-order valence-corrected chi connectivity index (χ2v) is 4.93. The van der Waals surface area contributed by atoms with Crippen LogP contribution in [0, 0.1) is 10.1 Å². The van der Waals surface area contributed by atoms with Crippen molar-refractivity contribution in [1.29, 1.82) is 0 Å². The van der Waals surface area contributed by atoms with E-state index in [1.807, 2.05) is 0 Å². The molecule has 23 heavy (non-hydrogen) atoms. The third-order valence-corrected chi connectivity index (χ3v) is 2.97. The molecule has 2 aromatic rings. The maximum atomic E-state index is 12.0. The number of nitro groups is 1. The van der Waals surface area contributed by atoms with Crippen LogP contribution in [0.2, 0.25) is 0 Å². The Balaban J connectivity index is 2.09. The fraction of sp³-hybridized carbons (Fsp3) is 0.214. The molecular weight excluding hydrogens is 302 g/mol. The fourth-order valence-corrected chi connectivity index (χ4v) is 1.93. The van der Waals surface area contributed by atoms with Crippen LogP contribution < -0.4 is 5.32 Å². The van der Waals surface area contributed by atoms with Gasteiger partial charge in [0.15, 0.2) is 6.54 Å². The first-order valence-corrected chi connectivity index (χ1v) is 6.66. The number of aromatic nitrogens is 2. The van der Waals surface area contributed by atoms with Crippen molar-refractivity contribution in [2.45, 2.75) is 6.54 Å². The van der Waals surface area contributed by atoms with E-state index in [1.54, 1.807) is 32.3 Å². The number of amides is 2. The number of hydrogen-bond donors (Lipinski definition) is 1. The molecule has 0 atom stereocenters. The van der Waals surface area contributed by atoms with E-state index >= 15 is 0 Å². The summed E-state index contributed by atoms with van der Waals surface area (Å²) in [5.74, 6) is -0.938. The molecule has 0 aliphatic heterocycles. The fourth-order valence-electron chi connectivity index (χ4n) is 1.93. The van der Waals surface area contributed by atoms with Gasteiger partial charge >= 0.3 is 5.82 Å². The summed E-state index contributed by atoms with van der Waals surface area (Å²) in [7, 11) is 3.26. The van der Waals surface area contributed by atoms with Crippen LogP contribution in [-0.4, -0.2) is 45.5 Å². The third-order valence-electron chi connectivity index (χ3n) is 2.97. The summed E-state index contributed by atoms with van der Waals surface area (Å²) in [6.45, 7) is -0.296. The Kier molecular flexibility index (Phi) is 4.69. The lowest BCUT2D eigenvalue weighted by Gasteiger charge is -2.11. The third kappa shape index (κ3) is 3.90. The Morgan fingerprint density at radius 1 is 1.35 bits per heavy atom. The standard InChI is InChI=1S/C14H15N5O4/c1-17(2)14(21)10-4-3-5-11(8-10)16-12(20)9-18-13(19(22)23)6-7-15-18/h3-8H,9H2,1-2H3,(H,16,20). The molecule has 1 heterocycles. The van der Waals surface area contributed by atoms with Crippen molar-refractivity contribution in [2.24, 2.45) is 0 Å². The van der Waals surface area contributed by atoms with Gasteiger partial charge in [-0.25, -0.2) is 0 Å². The number of nitrogens with one attached hydrogen (secondary N) is 1. The molecule has 0 spiro atoms. The molecular formula is C14H15N5O4. The van der Waals surface area contributed by atoms with E-state index in [0.717, 1.165) is 4.68 Å². The molecule has 0 unspecified atom stereocenters. The highest BCUT2D eigenvalue weighted by molar-refractivity contribution is 5.96. The van der Waals surface area contributed by atoms with Crippen LogP contribution in [-0.2, 0) is 11.3 Å². The lowest BCUT2D eigenvalue weighted by atomic mass is 10.2. The first-order chi connectivity index (χ1) is 10.9. The van der Waals surface area contributed by atoms with Crippen LogP contribution in [0.15, 0.2) is 36.5 Å². The molecule has 120 valence electrons. The summed E-state index contributed by atoms with van der Waals surface area (Å²) >= 11 is 0. The predicted molar refractivity (Wildman–Crippen MR) is 82.0 cm³/mol. The molecule has 1 aromatic heterocycles. The number of hydrogen-bond acceptors (Lipinski definition) is 5. The van der Waals surface area contributed by atoms with Gasteiger partial charge in [-0.15, -0.1) is 4.68 Å². The molecule has 0 bridgehead atoms. The largest absolute Gasteiger partial charge is 0.358 e. The van der Waals surface area contributed by atoms with Gasteiger partial charge < -0.3 is 20.3 Å². The minimum absolute atomic E-state index is 0.191. The maximum absolute atomic E-state index is 12.0. The van der Waals surface area contributed by atoms with Crippen LogP contribution >= 0.6 is 0 Å². The highest BCUT2D eigenvalue weighted by atomic mass is 16.6. The average Bonchev–Trinajstić information content (AvgIpc) is 2.94. The quantitative estimate of drug-likeness (QED) is 0.656. The van der Waals surface area contributed by atoms with E-state index in [-0.39, 0.29) is 18.3 Å². The maximum Gasteiger partial charge on any atom is 0.345 e. The Morgan fingerprint density at radius 3 is 2.74 bits per heavy atom. The number of carbonyl (C=O) groups excluding carboxylic acids is 2. The van der Waals surface area contributed by atoms with Crippen molar-refractivity contribution in [1.82, 2.24) is 14.7 Å². The smallest absolute Gasteiger partial charge is 0.345 e. The zero-order valence-electron chi connectivity index (χ0n) is 12.6. The van der Waals surface area contributed by atoms with Crippen LogP contribution in [0.25, 0.3) is 0 Å². The summed E-state index contributed by atoms with van der Waals surface area (Å²) in [4.78, 5) is 35.4. The molecule has 0 saturated carbocycles. The molecule has 9 nitrogen and oxygen atoms in total. The van der Waals surface area contributed by atoms with Crippen molar-refractivity contribution in [2.75, 3.05) is 19.4 Å². The van der Waals surface area contributed by atoms with Crippen LogP contribution in [0.4, 0.5) is 11.5 Å². The first-order valence-electron chi connectivity index (χ1n) is 6.66. The van der Waals surface area contributed by atoms with Crippen molar-refractivity contribution in [3.05, 3.63) is 52.2 Å². The zero-order valence-corrected chi connectivity index (χ0v) is 12.6. The van der Waals surface area contributed by atoms with Gasteiger partial charge in [0, 0.05) is 25.3 Å². The summed E-state index contributed by atoms with van der Waals surface area (Å²) in [5.41, 5.74) is 0.857. The topological polar surface area (TPSA) is 110 Å². The molecule has 2 rings (SSSR count). The molecule has 0 saturated heterocycles. The molecule has 0 aliphatic rings. The average molecular weight is 317 g/mol. The Labute approximate surface area is 131 Å². The van der Waals surface area contributed by atoms with Crippen molar-refractivity contribution in [3.8, 4) is 0 Å². The SMILES string of the molecule is CN(C)C(=O)c1cccc(NC(=O)Cn2nccc2[N+](=O)[O-])c1. The van der Waals surface area contributed by atoms with E-state index in [1.165, 1.54) is 23.2 Å². The van der Waals surface area contributed by atoms with Crippen molar-refractivity contribution >= 4 is 23.3 Å². The molecule has 1 aromatic carbocycles. The van der Waals surface area contributed by atoms with Gasteiger partial charge in [-0.05, 0) is 23.1 Å². The summed E-state index contributed by atoms with van der Waals surface area (Å²) < 4.78 is 0.990. The zero-order chi connectivity index (χ0) is 17.0. The van der Waals surface area contributed by atoms with Crippen LogP contribution in [0.3, 0.4) is 0 Å². The van der Waals surface area contributed by atoms with Gasteiger partial charge in [-0.1, -0.05) is 11.2 Å². The highest BCUT2D eigenvalue weighted by Crippen LogP contribution is 2.13. The van der Waals surface area contributed by atoms with E-state index in [2.05, 4.69) is 10.4 Å². The lowest BCUT2D eigenvalue weighted by molar-refractivity contribution is -0.392. The van der Waals surface area contributed by atoms with Crippen molar-refractivity contribution < 1.29 is 14.5 Å². The summed E-state index contributed by atoms with van der Waals surface area (Å²) in [6, 6.07) is 7.66. The van der Waals surface area contributed by atoms with Crippen LogP contribution in [0.5, 0.6) is 0 Å². The first kappa shape index (κ1) is 16.1. The number of nitrogens with zero attached hydrogens (tertiary/aromatic N) is 4. The van der Waals surface area contributed by atoms with Gasteiger partial charge in [0.05, 0.1) is 12.3 Å². The monoisotopic (exact) mass is 317 g/mol. The summed E-state index contributed by atoms with van der Waals surface area (Å²) in [6.07, 6.45) is 1.25. The van der Waals surface area contributed by atoms with E-state index in [4.69, 9.17) is 0 Å². The lowest BCUT2D eigenvalue weighted by Crippen LogP contribution is -2.23. The van der Waals surface area contributed by atoms with Gasteiger partial charge in [-0.2, -0.15) is 0 Å². The molecule has 1 N–H and O–H groups in total. The number of anilines is 1. The van der Waals surface area contributed by atoms with Gasteiger partial charge in [-0.3, -0.25) is 9.59 Å². The number of benzene rings is 1.